The average Bonchev–Trinajstić information content (AvgIpc) is 2.96. The van der Waals surface area contributed by atoms with E-state index in [1.165, 1.54) is 51.4 Å². The first-order valence-corrected chi connectivity index (χ1v) is 5.94. The fourth-order valence-corrected chi connectivity index (χ4v) is 3.15. The number of hydrogen-bond donors (Lipinski definition) is 0. The van der Waals surface area contributed by atoms with Crippen molar-refractivity contribution in [3.8, 4) is 0 Å². The third-order valence-corrected chi connectivity index (χ3v) is 4.15. The lowest BCUT2D eigenvalue weighted by molar-refractivity contribution is -0.0973. The molecule has 13 heavy (non-hydrogen) atoms. The number of hydrogen-bond acceptors (Lipinski definition) is 1. The predicted octanol–water partition coefficient (Wildman–Crippen LogP) is 3.28. The maximum Gasteiger partial charge on any atom is 0.0693 e. The highest BCUT2D eigenvalue weighted by atomic mass is 16.5. The average molecular weight is 180 g/mol. The fourth-order valence-electron chi connectivity index (χ4n) is 3.15. The zero-order valence-electron chi connectivity index (χ0n) is 8.64. The van der Waals surface area contributed by atoms with E-state index in [4.69, 9.17) is 4.74 Å². The van der Waals surface area contributed by atoms with E-state index in [9.17, 15) is 0 Å². The Morgan fingerprint density at radius 1 is 1.23 bits per heavy atom. The third-order valence-electron chi connectivity index (χ3n) is 4.15. The van der Waals surface area contributed by atoms with Crippen LogP contribution >= 0.6 is 0 Å². The van der Waals surface area contributed by atoms with Crippen LogP contribution in [0.15, 0.2) is 0 Å². The molecule has 0 amide bonds. The summed E-state index contributed by atoms with van der Waals surface area (Å²) in [7, 11) is 0. The molecule has 3 fully saturated rings. The normalized spacial score (nSPS) is 38.1. The molecule has 0 N–H and O–H groups in total. The van der Waals surface area contributed by atoms with E-state index in [1.54, 1.807) is 0 Å². The van der Waals surface area contributed by atoms with Crippen LogP contribution in [0.1, 0.15) is 58.3 Å². The lowest BCUT2D eigenvalue weighted by Gasteiger charge is -2.36. The smallest absolute Gasteiger partial charge is 0.0693 e. The topological polar surface area (TPSA) is 9.23 Å². The van der Waals surface area contributed by atoms with Gasteiger partial charge in [0.25, 0.3) is 0 Å². The Kier molecular flexibility index (Phi) is 1.59. The minimum absolute atomic E-state index is 0.397. The van der Waals surface area contributed by atoms with Crippen molar-refractivity contribution in [2.75, 3.05) is 0 Å². The van der Waals surface area contributed by atoms with Gasteiger partial charge in [-0.1, -0.05) is 13.3 Å². The van der Waals surface area contributed by atoms with E-state index in [-0.39, 0.29) is 0 Å². The molecule has 1 heteroatoms. The standard InChI is InChI=1S/C12H20O/c1-2-3-10-8-11(4-5-11)9-12(13-10)6-7-12/h10H,2-9H2,1H3. The first kappa shape index (κ1) is 8.28. The van der Waals surface area contributed by atoms with E-state index in [0.29, 0.717) is 11.7 Å². The molecule has 0 bridgehead atoms. The molecule has 1 heterocycles. The van der Waals surface area contributed by atoms with Gasteiger partial charge in [-0.3, -0.25) is 0 Å². The van der Waals surface area contributed by atoms with Crippen LogP contribution in [0.3, 0.4) is 0 Å². The van der Waals surface area contributed by atoms with Crippen molar-refractivity contribution in [1.29, 1.82) is 0 Å². The predicted molar refractivity (Wildman–Crippen MR) is 52.6 cm³/mol. The second-order valence-corrected chi connectivity index (χ2v) is 5.59. The second kappa shape index (κ2) is 2.50. The van der Waals surface area contributed by atoms with Crippen molar-refractivity contribution in [3.63, 3.8) is 0 Å². The van der Waals surface area contributed by atoms with Gasteiger partial charge in [0.1, 0.15) is 0 Å². The van der Waals surface area contributed by atoms with Gasteiger partial charge >= 0.3 is 0 Å². The largest absolute Gasteiger partial charge is 0.372 e. The molecule has 74 valence electrons. The molecule has 1 aliphatic heterocycles. The van der Waals surface area contributed by atoms with Gasteiger partial charge in [-0.15, -0.1) is 0 Å². The summed E-state index contributed by atoms with van der Waals surface area (Å²) < 4.78 is 6.20. The summed E-state index contributed by atoms with van der Waals surface area (Å²) in [6.07, 6.45) is 11.7. The lowest BCUT2D eigenvalue weighted by Crippen LogP contribution is -2.35. The highest BCUT2D eigenvalue weighted by Gasteiger charge is 2.59. The summed E-state index contributed by atoms with van der Waals surface area (Å²) in [5, 5.41) is 0. The lowest BCUT2D eigenvalue weighted by atomic mass is 9.86. The first-order valence-electron chi connectivity index (χ1n) is 5.94. The maximum absolute atomic E-state index is 6.20. The number of ether oxygens (including phenoxy) is 1. The van der Waals surface area contributed by atoms with Crippen molar-refractivity contribution in [2.24, 2.45) is 5.41 Å². The van der Waals surface area contributed by atoms with Crippen LogP contribution in [0.5, 0.6) is 0 Å². The molecule has 2 aliphatic carbocycles. The van der Waals surface area contributed by atoms with Gasteiger partial charge in [-0.25, -0.2) is 0 Å². The summed E-state index contributed by atoms with van der Waals surface area (Å²) in [5.74, 6) is 0. The Morgan fingerprint density at radius 3 is 2.54 bits per heavy atom. The molecular weight excluding hydrogens is 160 g/mol. The molecule has 1 atom stereocenters. The summed E-state index contributed by atoms with van der Waals surface area (Å²) in [6, 6.07) is 0. The Labute approximate surface area is 80.8 Å². The summed E-state index contributed by atoms with van der Waals surface area (Å²) in [6.45, 7) is 2.27. The van der Waals surface area contributed by atoms with Crippen LogP contribution in [0, 0.1) is 5.41 Å². The van der Waals surface area contributed by atoms with Gasteiger partial charge in [-0.05, 0) is 50.4 Å². The van der Waals surface area contributed by atoms with Gasteiger partial charge in [0.15, 0.2) is 0 Å². The summed E-state index contributed by atoms with van der Waals surface area (Å²) >= 11 is 0. The van der Waals surface area contributed by atoms with Crippen LogP contribution in [0.2, 0.25) is 0 Å². The quantitative estimate of drug-likeness (QED) is 0.633. The highest BCUT2D eigenvalue weighted by molar-refractivity contribution is 5.10. The maximum atomic E-state index is 6.20. The second-order valence-electron chi connectivity index (χ2n) is 5.59. The van der Waals surface area contributed by atoms with Gasteiger partial charge in [0.2, 0.25) is 0 Å². The molecule has 1 nitrogen and oxygen atoms in total. The molecular formula is C12H20O. The Morgan fingerprint density at radius 2 is 2.00 bits per heavy atom. The van der Waals surface area contributed by atoms with E-state index in [2.05, 4.69) is 6.92 Å². The Balaban J connectivity index is 1.70. The van der Waals surface area contributed by atoms with Gasteiger partial charge in [-0.2, -0.15) is 0 Å². The molecule has 2 saturated carbocycles. The van der Waals surface area contributed by atoms with E-state index < -0.39 is 0 Å². The van der Waals surface area contributed by atoms with Crippen molar-refractivity contribution in [2.45, 2.75) is 70.0 Å². The van der Waals surface area contributed by atoms with Crippen LogP contribution in [-0.2, 0) is 4.74 Å². The third kappa shape index (κ3) is 1.41. The molecule has 0 radical (unpaired) electrons. The fraction of sp³-hybridized carbons (Fsp3) is 1.00. The molecule has 0 aromatic carbocycles. The minimum Gasteiger partial charge on any atom is -0.372 e. The molecule has 0 aromatic heterocycles. The van der Waals surface area contributed by atoms with Crippen LogP contribution in [0.25, 0.3) is 0 Å². The molecule has 3 aliphatic rings. The molecule has 0 aromatic rings. The molecule has 3 rings (SSSR count). The van der Waals surface area contributed by atoms with Gasteiger partial charge in [0.05, 0.1) is 11.7 Å². The SMILES string of the molecule is CCCC1CC2(CC2)CC2(CC2)O1. The van der Waals surface area contributed by atoms with Crippen molar-refractivity contribution in [3.05, 3.63) is 0 Å². The molecule has 1 saturated heterocycles. The van der Waals surface area contributed by atoms with Crippen LogP contribution < -0.4 is 0 Å². The van der Waals surface area contributed by atoms with Crippen LogP contribution in [-0.4, -0.2) is 11.7 Å². The highest BCUT2D eigenvalue weighted by Crippen LogP contribution is 2.64. The molecule has 2 spiro atoms. The zero-order valence-corrected chi connectivity index (χ0v) is 8.64. The van der Waals surface area contributed by atoms with Crippen molar-refractivity contribution >= 4 is 0 Å². The monoisotopic (exact) mass is 180 g/mol. The Bertz CT molecular complexity index is 193. The zero-order chi connectivity index (χ0) is 8.94. The first-order chi connectivity index (χ1) is 6.26. The van der Waals surface area contributed by atoms with Crippen molar-refractivity contribution in [1.82, 2.24) is 0 Å². The van der Waals surface area contributed by atoms with E-state index >= 15 is 0 Å². The van der Waals surface area contributed by atoms with Crippen molar-refractivity contribution < 1.29 is 4.74 Å². The van der Waals surface area contributed by atoms with Crippen LogP contribution in [0.4, 0.5) is 0 Å². The van der Waals surface area contributed by atoms with Gasteiger partial charge < -0.3 is 4.74 Å². The summed E-state index contributed by atoms with van der Waals surface area (Å²) in [4.78, 5) is 0. The number of rotatable bonds is 2. The van der Waals surface area contributed by atoms with Gasteiger partial charge in [0, 0.05) is 0 Å². The molecule has 1 unspecified atom stereocenters. The minimum atomic E-state index is 0.397. The Hall–Kier alpha value is -0.0400. The van der Waals surface area contributed by atoms with E-state index in [0.717, 1.165) is 5.41 Å². The summed E-state index contributed by atoms with van der Waals surface area (Å²) in [5.41, 5.74) is 1.17. The van der Waals surface area contributed by atoms with E-state index in [1.807, 2.05) is 0 Å².